The lowest BCUT2D eigenvalue weighted by molar-refractivity contribution is -0.138. The van der Waals surface area contributed by atoms with Crippen LogP contribution in [0.2, 0.25) is 0 Å². The van der Waals surface area contributed by atoms with Gasteiger partial charge in [0.1, 0.15) is 0 Å². The smallest absolute Gasteiger partial charge is 0.225 e. The van der Waals surface area contributed by atoms with Crippen molar-refractivity contribution in [1.82, 2.24) is 4.90 Å². The maximum absolute atomic E-state index is 12.4. The van der Waals surface area contributed by atoms with Crippen molar-refractivity contribution in [3.63, 3.8) is 0 Å². The number of nitrogens with zero attached hydrogens (tertiary/aromatic N) is 1. The van der Waals surface area contributed by atoms with Gasteiger partial charge in [0.15, 0.2) is 0 Å². The highest BCUT2D eigenvalue weighted by atomic mass is 16.2. The van der Waals surface area contributed by atoms with Crippen molar-refractivity contribution in [3.05, 3.63) is 35.9 Å². The summed E-state index contributed by atoms with van der Waals surface area (Å²) >= 11 is 0. The quantitative estimate of drug-likeness (QED) is 0.886. The molecule has 0 heterocycles. The highest BCUT2D eigenvalue weighted by Crippen LogP contribution is 2.31. The normalized spacial score (nSPS) is 13.4. The Bertz CT molecular complexity index is 407. The molecule has 19 heavy (non-hydrogen) atoms. The highest BCUT2D eigenvalue weighted by molar-refractivity contribution is 5.78. The molecular weight excluding hydrogens is 236 g/mol. The molecule has 0 aliphatic carbocycles. The third-order valence-electron chi connectivity index (χ3n) is 3.25. The summed E-state index contributed by atoms with van der Waals surface area (Å²) in [4.78, 5) is 14.3. The first kappa shape index (κ1) is 15.7. The zero-order chi connectivity index (χ0) is 14.6. The fraction of sp³-hybridized carbons (Fsp3) is 0.562. The van der Waals surface area contributed by atoms with Crippen LogP contribution in [-0.4, -0.2) is 22.9 Å². The first-order valence-electron chi connectivity index (χ1n) is 6.93. The Morgan fingerprint density at radius 1 is 1.26 bits per heavy atom. The molecule has 2 N–H and O–H groups in total. The Kier molecular flexibility index (Phi) is 5.12. The van der Waals surface area contributed by atoms with Gasteiger partial charge in [-0.3, -0.25) is 4.79 Å². The van der Waals surface area contributed by atoms with Crippen LogP contribution in [0.4, 0.5) is 0 Å². The molecular formula is C16H26N2O. The molecule has 0 fully saturated rings. The topological polar surface area (TPSA) is 46.3 Å². The summed E-state index contributed by atoms with van der Waals surface area (Å²) in [5, 5.41) is 0. The predicted octanol–water partition coefficient (Wildman–Crippen LogP) is 2.97. The molecule has 0 aliphatic rings. The number of benzene rings is 1. The van der Waals surface area contributed by atoms with Crippen LogP contribution >= 0.6 is 0 Å². The fourth-order valence-electron chi connectivity index (χ4n) is 2.44. The minimum atomic E-state index is -0.484. The summed E-state index contributed by atoms with van der Waals surface area (Å²) < 4.78 is 0. The minimum absolute atomic E-state index is 0.0199. The predicted molar refractivity (Wildman–Crippen MR) is 79.7 cm³/mol. The lowest BCUT2D eigenvalue weighted by Gasteiger charge is -2.40. The van der Waals surface area contributed by atoms with Gasteiger partial charge in [0, 0.05) is 18.0 Å². The number of hydrogen-bond acceptors (Lipinski definition) is 2. The van der Waals surface area contributed by atoms with Crippen LogP contribution in [0.1, 0.15) is 46.2 Å². The van der Waals surface area contributed by atoms with Crippen molar-refractivity contribution in [3.8, 4) is 0 Å². The van der Waals surface area contributed by atoms with Crippen molar-refractivity contribution in [1.29, 1.82) is 0 Å². The Balaban J connectivity index is 3.21. The molecule has 0 spiro atoms. The third kappa shape index (κ3) is 3.80. The monoisotopic (exact) mass is 262 g/mol. The van der Waals surface area contributed by atoms with Gasteiger partial charge in [0.05, 0.1) is 6.04 Å². The summed E-state index contributed by atoms with van der Waals surface area (Å²) in [6.07, 6.45) is 0. The van der Waals surface area contributed by atoms with Crippen molar-refractivity contribution < 1.29 is 4.79 Å². The SMILES string of the molecule is CCN(C(=O)C(C)C)[C@H](c1ccccc1)C(C)(C)N. The van der Waals surface area contributed by atoms with E-state index in [4.69, 9.17) is 5.73 Å². The van der Waals surface area contributed by atoms with E-state index in [1.54, 1.807) is 0 Å². The number of likely N-dealkylation sites (N-methyl/N-ethyl adjacent to an activating group) is 1. The van der Waals surface area contributed by atoms with Gasteiger partial charge in [-0.15, -0.1) is 0 Å². The molecule has 3 heteroatoms. The minimum Gasteiger partial charge on any atom is -0.334 e. The molecule has 0 unspecified atom stereocenters. The van der Waals surface area contributed by atoms with Crippen molar-refractivity contribution >= 4 is 5.91 Å². The zero-order valence-electron chi connectivity index (χ0n) is 12.7. The van der Waals surface area contributed by atoms with Gasteiger partial charge in [0.25, 0.3) is 0 Å². The van der Waals surface area contributed by atoms with Gasteiger partial charge in [-0.2, -0.15) is 0 Å². The number of rotatable bonds is 5. The van der Waals surface area contributed by atoms with Crippen LogP contribution in [-0.2, 0) is 4.79 Å². The van der Waals surface area contributed by atoms with E-state index >= 15 is 0 Å². The second kappa shape index (κ2) is 6.20. The van der Waals surface area contributed by atoms with Gasteiger partial charge < -0.3 is 10.6 Å². The molecule has 1 aromatic carbocycles. The first-order valence-corrected chi connectivity index (χ1v) is 6.93. The summed E-state index contributed by atoms with van der Waals surface area (Å²) in [5.74, 6) is 0.128. The standard InChI is InChI=1S/C16H26N2O/c1-6-18(15(19)12(2)3)14(16(4,5)17)13-10-8-7-9-11-13/h7-12,14H,6,17H2,1-5H3/t14-/m1/s1. The van der Waals surface area contributed by atoms with Crippen LogP contribution in [0.3, 0.4) is 0 Å². The molecule has 0 aliphatic heterocycles. The van der Waals surface area contributed by atoms with Crippen molar-refractivity contribution in [2.24, 2.45) is 11.7 Å². The van der Waals surface area contributed by atoms with E-state index in [0.29, 0.717) is 6.54 Å². The molecule has 0 bridgehead atoms. The molecule has 106 valence electrons. The average molecular weight is 262 g/mol. The van der Waals surface area contributed by atoms with E-state index in [1.807, 2.05) is 69.9 Å². The number of amides is 1. The largest absolute Gasteiger partial charge is 0.334 e. The lowest BCUT2D eigenvalue weighted by Crippen LogP contribution is -2.51. The van der Waals surface area contributed by atoms with E-state index in [9.17, 15) is 4.79 Å². The zero-order valence-corrected chi connectivity index (χ0v) is 12.7. The molecule has 0 saturated heterocycles. The van der Waals surface area contributed by atoms with E-state index < -0.39 is 5.54 Å². The van der Waals surface area contributed by atoms with Gasteiger partial charge in [-0.05, 0) is 26.3 Å². The molecule has 0 saturated carbocycles. The number of carbonyl (C=O) groups excluding carboxylic acids is 1. The molecule has 0 aromatic heterocycles. The number of hydrogen-bond donors (Lipinski definition) is 1. The van der Waals surface area contributed by atoms with Gasteiger partial charge in [-0.1, -0.05) is 44.2 Å². The summed E-state index contributed by atoms with van der Waals surface area (Å²) in [6.45, 7) is 10.5. The Morgan fingerprint density at radius 2 is 1.79 bits per heavy atom. The molecule has 0 radical (unpaired) electrons. The van der Waals surface area contributed by atoms with E-state index in [0.717, 1.165) is 5.56 Å². The maximum atomic E-state index is 12.4. The third-order valence-corrected chi connectivity index (χ3v) is 3.25. The average Bonchev–Trinajstić information content (AvgIpc) is 2.34. The van der Waals surface area contributed by atoms with Crippen LogP contribution in [0.25, 0.3) is 0 Å². The molecule has 1 atom stereocenters. The number of nitrogens with two attached hydrogens (primary N) is 1. The van der Waals surface area contributed by atoms with Crippen molar-refractivity contribution in [2.75, 3.05) is 6.54 Å². The van der Waals surface area contributed by atoms with E-state index in [-0.39, 0.29) is 17.9 Å². The molecule has 1 rings (SSSR count). The lowest BCUT2D eigenvalue weighted by atomic mass is 9.87. The van der Waals surface area contributed by atoms with Gasteiger partial charge >= 0.3 is 0 Å². The molecule has 1 amide bonds. The van der Waals surface area contributed by atoms with Crippen LogP contribution < -0.4 is 5.73 Å². The maximum Gasteiger partial charge on any atom is 0.225 e. The van der Waals surface area contributed by atoms with Crippen LogP contribution in [0.5, 0.6) is 0 Å². The van der Waals surface area contributed by atoms with Crippen LogP contribution in [0.15, 0.2) is 30.3 Å². The fourth-order valence-corrected chi connectivity index (χ4v) is 2.44. The summed E-state index contributed by atoms with van der Waals surface area (Å²) in [6, 6.07) is 9.92. The second-order valence-corrected chi connectivity index (χ2v) is 5.91. The Labute approximate surface area is 116 Å². The molecule has 1 aromatic rings. The first-order chi connectivity index (χ1) is 8.79. The summed E-state index contributed by atoms with van der Waals surface area (Å²) in [7, 11) is 0. The second-order valence-electron chi connectivity index (χ2n) is 5.91. The van der Waals surface area contributed by atoms with Crippen LogP contribution in [0, 0.1) is 5.92 Å². The van der Waals surface area contributed by atoms with E-state index in [2.05, 4.69) is 0 Å². The van der Waals surface area contributed by atoms with Crippen molar-refractivity contribution in [2.45, 2.75) is 46.2 Å². The van der Waals surface area contributed by atoms with Gasteiger partial charge in [-0.25, -0.2) is 0 Å². The van der Waals surface area contributed by atoms with E-state index in [1.165, 1.54) is 0 Å². The Morgan fingerprint density at radius 3 is 2.16 bits per heavy atom. The molecule has 3 nitrogen and oxygen atoms in total. The number of carbonyl (C=O) groups is 1. The Hall–Kier alpha value is -1.35. The van der Waals surface area contributed by atoms with Gasteiger partial charge in [0.2, 0.25) is 5.91 Å². The highest BCUT2D eigenvalue weighted by Gasteiger charge is 2.34. The summed E-state index contributed by atoms with van der Waals surface area (Å²) in [5.41, 5.74) is 6.94.